The first kappa shape index (κ1) is 22.4. The Morgan fingerprint density at radius 1 is 1.11 bits per heavy atom. The highest BCUT2D eigenvalue weighted by molar-refractivity contribution is 7.89. The summed E-state index contributed by atoms with van der Waals surface area (Å²) < 4.78 is 46.0. The van der Waals surface area contributed by atoms with Crippen LogP contribution in [0.2, 0.25) is 0 Å². The van der Waals surface area contributed by atoms with Gasteiger partial charge in [-0.1, -0.05) is 12.1 Å². The van der Waals surface area contributed by atoms with Crippen molar-refractivity contribution in [2.75, 3.05) is 6.54 Å². The van der Waals surface area contributed by atoms with Crippen LogP contribution in [0.5, 0.6) is 0 Å². The number of sulfonamides is 1. The molecule has 5 heterocycles. The first-order valence-corrected chi connectivity index (χ1v) is 12.7. The molecule has 0 radical (unpaired) electrons. The fourth-order valence-electron chi connectivity index (χ4n) is 4.52. The molecule has 4 aromatic rings. The number of aromatic nitrogens is 4. The molecule has 9 nitrogen and oxygen atoms in total. The van der Waals surface area contributed by atoms with E-state index in [-0.39, 0.29) is 23.3 Å². The van der Waals surface area contributed by atoms with Gasteiger partial charge in [0, 0.05) is 37.1 Å². The van der Waals surface area contributed by atoms with E-state index in [0.717, 1.165) is 11.1 Å². The maximum atomic E-state index is 13.9. The molecule has 36 heavy (non-hydrogen) atoms. The summed E-state index contributed by atoms with van der Waals surface area (Å²) >= 11 is 0. The van der Waals surface area contributed by atoms with Crippen LogP contribution in [-0.4, -0.2) is 44.3 Å². The molecular formula is C25H22FN7O2S. The number of hydrogen-bond donors (Lipinski definition) is 1. The zero-order valence-electron chi connectivity index (χ0n) is 19.5. The summed E-state index contributed by atoms with van der Waals surface area (Å²) in [5.41, 5.74) is 7.74. The molecule has 6 rings (SSSR count). The van der Waals surface area contributed by atoms with Crippen molar-refractivity contribution < 1.29 is 12.8 Å². The van der Waals surface area contributed by atoms with E-state index >= 15 is 0 Å². The normalized spacial score (nSPS) is 18.0. The van der Waals surface area contributed by atoms with E-state index in [1.807, 2.05) is 26.2 Å². The number of allylic oxidation sites excluding steroid dienone is 2. The fourth-order valence-corrected chi connectivity index (χ4v) is 5.95. The van der Waals surface area contributed by atoms with Gasteiger partial charge < -0.3 is 0 Å². The molecule has 0 amide bonds. The summed E-state index contributed by atoms with van der Waals surface area (Å²) in [5, 5.41) is 4.25. The lowest BCUT2D eigenvalue weighted by Crippen LogP contribution is -2.36. The minimum atomic E-state index is -4.08. The van der Waals surface area contributed by atoms with Gasteiger partial charge in [-0.15, -0.1) is 0 Å². The number of aliphatic imine (C=N–C) groups is 1. The summed E-state index contributed by atoms with van der Waals surface area (Å²) in [4.78, 5) is 8.84. The van der Waals surface area contributed by atoms with E-state index in [2.05, 4.69) is 20.5 Å². The summed E-state index contributed by atoms with van der Waals surface area (Å²) in [6, 6.07) is 9.64. The van der Waals surface area contributed by atoms with E-state index in [1.165, 1.54) is 27.1 Å². The van der Waals surface area contributed by atoms with Crippen molar-refractivity contribution in [1.82, 2.24) is 29.0 Å². The Labute approximate surface area is 206 Å². The maximum Gasteiger partial charge on any atom is 0.295 e. The number of nitrogens with one attached hydrogen (secondary N) is 1. The van der Waals surface area contributed by atoms with Gasteiger partial charge in [0.15, 0.2) is 5.03 Å². The summed E-state index contributed by atoms with van der Waals surface area (Å²) in [5.74, 6) is -0.555. The standard InChI is InChI=1S/C25H22FN7O2S/c1-16-10-27-22-12-30-33(23(22)9-21(16)19-11-29-31(2)14-19)36(34,35)25-13-28-24-7-6-18(15-32(24)25)17-4-3-5-20(26)8-17/h3-11,13-15,21,30H,12H2,1-2H3. The second-order valence-electron chi connectivity index (χ2n) is 8.78. The average Bonchev–Trinajstić information content (AvgIpc) is 3.57. The molecule has 1 atom stereocenters. The number of pyridine rings is 1. The molecule has 2 aliphatic rings. The van der Waals surface area contributed by atoms with Crippen LogP contribution < -0.4 is 5.43 Å². The van der Waals surface area contributed by atoms with Crippen molar-refractivity contribution in [1.29, 1.82) is 0 Å². The van der Waals surface area contributed by atoms with Crippen LogP contribution in [0.4, 0.5) is 4.39 Å². The van der Waals surface area contributed by atoms with Crippen molar-refractivity contribution in [2.24, 2.45) is 12.0 Å². The summed E-state index contributed by atoms with van der Waals surface area (Å²) in [6.45, 7) is 2.23. The Kier molecular flexibility index (Phi) is 5.13. The third kappa shape index (κ3) is 3.64. The van der Waals surface area contributed by atoms with Crippen molar-refractivity contribution in [3.8, 4) is 11.1 Å². The highest BCUT2D eigenvalue weighted by atomic mass is 32.2. The van der Waals surface area contributed by atoms with Crippen LogP contribution in [0.3, 0.4) is 0 Å². The molecule has 3 aromatic heterocycles. The third-order valence-corrected chi connectivity index (χ3v) is 8.00. The Balaban J connectivity index is 1.44. The molecule has 0 aliphatic carbocycles. The number of halogens is 1. The molecular weight excluding hydrogens is 481 g/mol. The molecule has 182 valence electrons. The summed E-state index contributed by atoms with van der Waals surface area (Å²) in [6.07, 6.45) is 10.3. The van der Waals surface area contributed by atoms with Gasteiger partial charge in [-0.3, -0.25) is 14.1 Å². The summed E-state index contributed by atoms with van der Waals surface area (Å²) in [7, 11) is -2.24. The van der Waals surface area contributed by atoms with E-state index in [4.69, 9.17) is 0 Å². The lowest BCUT2D eigenvalue weighted by atomic mass is 9.94. The van der Waals surface area contributed by atoms with Gasteiger partial charge in [0.2, 0.25) is 0 Å². The molecule has 1 saturated heterocycles. The van der Waals surface area contributed by atoms with Gasteiger partial charge in [0.05, 0.1) is 30.3 Å². The maximum absolute atomic E-state index is 13.9. The van der Waals surface area contributed by atoms with E-state index in [9.17, 15) is 12.8 Å². The topological polar surface area (TPSA) is 96.9 Å². The zero-order chi connectivity index (χ0) is 25.0. The molecule has 1 fully saturated rings. The third-order valence-electron chi connectivity index (χ3n) is 6.36. The Morgan fingerprint density at radius 3 is 2.75 bits per heavy atom. The number of nitrogens with zero attached hydrogens (tertiary/aromatic N) is 6. The van der Waals surface area contributed by atoms with Crippen LogP contribution in [0.15, 0.2) is 94.8 Å². The molecule has 11 heteroatoms. The Morgan fingerprint density at radius 2 is 1.97 bits per heavy atom. The molecule has 2 aliphatic heterocycles. The minimum absolute atomic E-state index is 0.0164. The number of fused-ring (bicyclic) bond motifs is 2. The van der Waals surface area contributed by atoms with Crippen molar-refractivity contribution >= 4 is 21.4 Å². The van der Waals surface area contributed by atoms with Crippen LogP contribution >= 0.6 is 0 Å². The number of hydrogen-bond acceptors (Lipinski definition) is 6. The first-order chi connectivity index (χ1) is 17.3. The average molecular weight is 504 g/mol. The van der Waals surface area contributed by atoms with Crippen molar-refractivity contribution in [2.45, 2.75) is 17.9 Å². The second-order valence-corrected chi connectivity index (χ2v) is 10.5. The predicted octanol–water partition coefficient (Wildman–Crippen LogP) is 3.41. The van der Waals surface area contributed by atoms with Gasteiger partial charge in [0.25, 0.3) is 10.0 Å². The molecule has 1 aromatic carbocycles. The number of benzene rings is 1. The van der Waals surface area contributed by atoms with Crippen LogP contribution in [0, 0.1) is 5.82 Å². The highest BCUT2D eigenvalue weighted by Crippen LogP contribution is 2.33. The van der Waals surface area contributed by atoms with E-state index in [0.29, 0.717) is 28.2 Å². The quantitative estimate of drug-likeness (QED) is 0.460. The van der Waals surface area contributed by atoms with Crippen molar-refractivity contribution in [3.05, 3.63) is 96.1 Å². The zero-order valence-corrected chi connectivity index (χ0v) is 20.3. The molecule has 0 saturated carbocycles. The van der Waals surface area contributed by atoms with Gasteiger partial charge in [-0.2, -0.15) is 17.9 Å². The number of aryl methyl sites for hydroxylation is 1. The van der Waals surface area contributed by atoms with Crippen molar-refractivity contribution in [3.63, 3.8) is 0 Å². The first-order valence-electron chi connectivity index (χ1n) is 11.3. The number of hydrazine groups is 1. The van der Waals surface area contributed by atoms with Gasteiger partial charge in [0.1, 0.15) is 11.5 Å². The van der Waals surface area contributed by atoms with E-state index in [1.54, 1.807) is 47.5 Å². The second kappa shape index (κ2) is 8.25. The fraction of sp³-hybridized carbons (Fsp3) is 0.160. The van der Waals surface area contributed by atoms with Gasteiger partial charge >= 0.3 is 0 Å². The van der Waals surface area contributed by atoms with E-state index < -0.39 is 10.0 Å². The number of rotatable bonds is 4. The minimum Gasteiger partial charge on any atom is -0.288 e. The highest BCUT2D eigenvalue weighted by Gasteiger charge is 2.37. The molecule has 1 unspecified atom stereocenters. The molecule has 0 spiro atoms. The largest absolute Gasteiger partial charge is 0.295 e. The molecule has 0 bridgehead atoms. The lowest BCUT2D eigenvalue weighted by Gasteiger charge is -2.20. The monoisotopic (exact) mass is 503 g/mol. The Hall–Kier alpha value is -4.09. The SMILES string of the molecule is CC1=CN=C2CNN(S(=O)(=O)c3cnc4ccc(-c5cccc(F)c5)cn34)C2=CC1c1cnn(C)c1. The predicted molar refractivity (Wildman–Crippen MR) is 133 cm³/mol. The lowest BCUT2D eigenvalue weighted by molar-refractivity contribution is 0.433. The molecule has 1 N–H and O–H groups in total. The van der Waals surface area contributed by atoms with Crippen LogP contribution in [0.25, 0.3) is 16.8 Å². The Bertz CT molecular complexity index is 1710. The van der Waals surface area contributed by atoms with Crippen LogP contribution in [0.1, 0.15) is 18.4 Å². The van der Waals surface area contributed by atoms with Crippen LogP contribution in [-0.2, 0) is 17.1 Å². The smallest absolute Gasteiger partial charge is 0.288 e. The number of imidazole rings is 1. The van der Waals surface area contributed by atoms with Gasteiger partial charge in [-0.05, 0) is 54.0 Å². The van der Waals surface area contributed by atoms with Gasteiger partial charge in [-0.25, -0.2) is 14.8 Å².